The van der Waals surface area contributed by atoms with Gasteiger partial charge in [0.15, 0.2) is 0 Å². The first kappa shape index (κ1) is 18.0. The van der Waals surface area contributed by atoms with Crippen molar-refractivity contribution in [3.63, 3.8) is 0 Å². The summed E-state index contributed by atoms with van der Waals surface area (Å²) in [6, 6.07) is 22.0. The van der Waals surface area contributed by atoms with Crippen molar-refractivity contribution in [3.05, 3.63) is 89.5 Å². The summed E-state index contributed by atoms with van der Waals surface area (Å²) in [5, 5.41) is 3.34. The molecule has 2 N–H and O–H groups in total. The minimum Gasteiger partial charge on any atom is -0.379 e. The van der Waals surface area contributed by atoms with E-state index >= 15 is 0 Å². The van der Waals surface area contributed by atoms with Crippen LogP contribution in [0.25, 0.3) is 0 Å². The third-order valence-corrected chi connectivity index (χ3v) is 5.57. The largest absolute Gasteiger partial charge is 0.379 e. The Hall–Kier alpha value is -2.79. The van der Waals surface area contributed by atoms with Crippen LogP contribution in [0.2, 0.25) is 0 Å². The molecule has 0 radical (unpaired) electrons. The summed E-state index contributed by atoms with van der Waals surface area (Å²) >= 11 is 0. The molecule has 3 rings (SSSR count). The van der Waals surface area contributed by atoms with E-state index in [2.05, 4.69) is 42.1 Å². The average Bonchev–Trinajstić information content (AvgIpc) is 2.63. The molecule has 0 aliphatic carbocycles. The molecule has 0 atom stereocenters. The summed E-state index contributed by atoms with van der Waals surface area (Å²) in [4.78, 5) is 0.240. The quantitative estimate of drug-likeness (QED) is 0.664. The molecule has 0 unspecified atom stereocenters. The van der Waals surface area contributed by atoms with Crippen LogP contribution in [0.4, 0.5) is 11.4 Å². The Morgan fingerprint density at radius 2 is 1.46 bits per heavy atom. The zero-order chi connectivity index (χ0) is 18.6. The second-order valence-corrected chi connectivity index (χ2v) is 7.93. The fraction of sp³-hybridized carbons (Fsp3) is 0.143. The van der Waals surface area contributed by atoms with Gasteiger partial charge < -0.3 is 5.32 Å². The summed E-state index contributed by atoms with van der Waals surface area (Å²) in [5.41, 5.74) is 4.88. The lowest BCUT2D eigenvalue weighted by Gasteiger charge is -2.15. The van der Waals surface area contributed by atoms with Gasteiger partial charge in [0.25, 0.3) is 10.0 Å². The Morgan fingerprint density at radius 3 is 2.15 bits per heavy atom. The van der Waals surface area contributed by atoms with Crippen LogP contribution in [-0.2, 0) is 16.6 Å². The molecular weight excluding hydrogens is 344 g/mol. The highest BCUT2D eigenvalue weighted by atomic mass is 32.2. The maximum Gasteiger partial charge on any atom is 0.261 e. The Balaban J connectivity index is 1.80. The minimum atomic E-state index is -3.62. The van der Waals surface area contributed by atoms with Gasteiger partial charge in [-0.3, -0.25) is 4.72 Å². The van der Waals surface area contributed by atoms with E-state index in [9.17, 15) is 8.42 Å². The Kier molecular flexibility index (Phi) is 5.28. The predicted octanol–water partition coefficient (Wildman–Crippen LogP) is 4.72. The van der Waals surface area contributed by atoms with Crippen molar-refractivity contribution in [2.75, 3.05) is 10.0 Å². The zero-order valence-electron chi connectivity index (χ0n) is 14.9. The highest BCUT2D eigenvalue weighted by Crippen LogP contribution is 2.25. The number of sulfonamides is 1. The molecule has 0 amide bonds. The van der Waals surface area contributed by atoms with Crippen LogP contribution in [0.15, 0.2) is 77.7 Å². The van der Waals surface area contributed by atoms with Gasteiger partial charge in [0, 0.05) is 6.54 Å². The van der Waals surface area contributed by atoms with E-state index in [1.165, 1.54) is 16.7 Å². The maximum absolute atomic E-state index is 12.6. The Morgan fingerprint density at radius 1 is 0.808 bits per heavy atom. The molecule has 5 heteroatoms. The molecule has 0 spiro atoms. The van der Waals surface area contributed by atoms with Crippen LogP contribution >= 0.6 is 0 Å². The van der Waals surface area contributed by atoms with E-state index in [1.54, 1.807) is 36.4 Å². The van der Waals surface area contributed by atoms with Crippen LogP contribution in [0.1, 0.15) is 16.7 Å². The van der Waals surface area contributed by atoms with Crippen molar-refractivity contribution in [2.24, 2.45) is 0 Å². The SMILES string of the molecule is Cc1ccc(CNc2ccccc2NS(=O)(=O)c2ccccc2)c(C)c1. The first-order valence-electron chi connectivity index (χ1n) is 8.42. The van der Waals surface area contributed by atoms with Crippen molar-refractivity contribution in [3.8, 4) is 0 Å². The van der Waals surface area contributed by atoms with Gasteiger partial charge in [-0.1, -0.05) is 54.1 Å². The summed E-state index contributed by atoms with van der Waals surface area (Å²) in [7, 11) is -3.62. The van der Waals surface area contributed by atoms with Crippen molar-refractivity contribution >= 4 is 21.4 Å². The monoisotopic (exact) mass is 366 g/mol. The molecule has 4 nitrogen and oxygen atoms in total. The van der Waals surface area contributed by atoms with Gasteiger partial charge in [-0.15, -0.1) is 0 Å². The van der Waals surface area contributed by atoms with E-state index in [-0.39, 0.29) is 4.90 Å². The molecule has 0 saturated heterocycles. The minimum absolute atomic E-state index is 0.240. The lowest BCUT2D eigenvalue weighted by atomic mass is 10.1. The smallest absolute Gasteiger partial charge is 0.261 e. The lowest BCUT2D eigenvalue weighted by molar-refractivity contribution is 0.601. The van der Waals surface area contributed by atoms with Gasteiger partial charge in [-0.05, 0) is 49.2 Å². The van der Waals surface area contributed by atoms with E-state index in [1.807, 2.05) is 18.2 Å². The van der Waals surface area contributed by atoms with Crippen molar-refractivity contribution in [1.82, 2.24) is 0 Å². The summed E-state index contributed by atoms with van der Waals surface area (Å²) in [6.07, 6.45) is 0. The molecule has 0 bridgehead atoms. The van der Waals surface area contributed by atoms with Gasteiger partial charge in [0.05, 0.1) is 16.3 Å². The Labute approximate surface area is 155 Å². The van der Waals surface area contributed by atoms with Crippen LogP contribution in [0.3, 0.4) is 0 Å². The lowest BCUT2D eigenvalue weighted by Crippen LogP contribution is -2.14. The molecule has 0 aliphatic heterocycles. The number of benzene rings is 3. The van der Waals surface area contributed by atoms with Crippen molar-refractivity contribution in [1.29, 1.82) is 0 Å². The summed E-state index contributed by atoms with van der Waals surface area (Å²) in [5.74, 6) is 0. The number of hydrogen-bond donors (Lipinski definition) is 2. The van der Waals surface area contributed by atoms with Gasteiger partial charge in [0.2, 0.25) is 0 Å². The number of nitrogens with one attached hydrogen (secondary N) is 2. The molecule has 0 heterocycles. The number of para-hydroxylation sites is 2. The van der Waals surface area contributed by atoms with E-state index in [4.69, 9.17) is 0 Å². The van der Waals surface area contributed by atoms with Crippen molar-refractivity contribution < 1.29 is 8.42 Å². The molecule has 134 valence electrons. The van der Waals surface area contributed by atoms with Gasteiger partial charge in [-0.25, -0.2) is 8.42 Å². The third-order valence-electron chi connectivity index (χ3n) is 4.19. The fourth-order valence-corrected chi connectivity index (χ4v) is 3.86. The van der Waals surface area contributed by atoms with Crippen LogP contribution in [0.5, 0.6) is 0 Å². The second-order valence-electron chi connectivity index (χ2n) is 6.25. The van der Waals surface area contributed by atoms with Gasteiger partial charge in [-0.2, -0.15) is 0 Å². The molecule has 3 aromatic rings. The topological polar surface area (TPSA) is 58.2 Å². The van der Waals surface area contributed by atoms with E-state index < -0.39 is 10.0 Å². The van der Waals surface area contributed by atoms with Crippen molar-refractivity contribution in [2.45, 2.75) is 25.3 Å². The maximum atomic E-state index is 12.6. The highest BCUT2D eigenvalue weighted by molar-refractivity contribution is 7.92. The normalized spacial score (nSPS) is 11.2. The van der Waals surface area contributed by atoms with Crippen LogP contribution < -0.4 is 10.0 Å². The summed E-state index contributed by atoms with van der Waals surface area (Å²) in [6.45, 7) is 4.77. The van der Waals surface area contributed by atoms with E-state index in [0.29, 0.717) is 12.2 Å². The van der Waals surface area contributed by atoms with Crippen LogP contribution in [0, 0.1) is 13.8 Å². The molecular formula is C21H22N2O2S. The molecule has 26 heavy (non-hydrogen) atoms. The molecule has 3 aromatic carbocycles. The third kappa shape index (κ3) is 4.24. The van der Waals surface area contributed by atoms with E-state index in [0.717, 1.165) is 5.69 Å². The zero-order valence-corrected chi connectivity index (χ0v) is 15.7. The predicted molar refractivity (Wildman–Crippen MR) is 107 cm³/mol. The number of rotatable bonds is 6. The average molecular weight is 366 g/mol. The number of aryl methyl sites for hydroxylation is 2. The first-order chi connectivity index (χ1) is 12.5. The van der Waals surface area contributed by atoms with Crippen LogP contribution in [-0.4, -0.2) is 8.42 Å². The standard InChI is InChI=1S/C21H22N2O2S/c1-16-12-13-18(17(2)14-16)15-22-20-10-6-7-11-21(20)23-26(24,25)19-8-4-3-5-9-19/h3-14,22-23H,15H2,1-2H3. The Bertz CT molecular complexity index is 1000. The second kappa shape index (κ2) is 7.62. The summed E-state index contributed by atoms with van der Waals surface area (Å²) < 4.78 is 27.8. The fourth-order valence-electron chi connectivity index (χ4n) is 2.76. The molecule has 0 aromatic heterocycles. The highest BCUT2D eigenvalue weighted by Gasteiger charge is 2.15. The molecule has 0 aliphatic rings. The van der Waals surface area contributed by atoms with Gasteiger partial charge in [0.1, 0.15) is 0 Å². The first-order valence-corrected chi connectivity index (χ1v) is 9.91. The molecule has 0 fully saturated rings. The number of anilines is 2. The van der Waals surface area contributed by atoms with Gasteiger partial charge >= 0.3 is 0 Å². The molecule has 0 saturated carbocycles. The number of hydrogen-bond acceptors (Lipinski definition) is 3.